The standard InChI is InChI=1S/C18H15N3OS.C7H8OS/c1-21-10-13-6-11(2-3-15(13)18(21)22)16-4-5-17(23-16)12-7-14(19)9-20-8-12;1-8-6-4-2-3-5-7(6)9/h2-9H,10,19H2,1H3;2-5,9H,1H3. The summed E-state index contributed by atoms with van der Waals surface area (Å²) in [6.45, 7) is 0.680. The van der Waals surface area contributed by atoms with E-state index in [2.05, 4.69) is 35.8 Å². The van der Waals surface area contributed by atoms with Crippen LogP contribution in [-0.2, 0) is 6.54 Å². The second-order valence-electron chi connectivity index (χ2n) is 7.38. The smallest absolute Gasteiger partial charge is 0.254 e. The van der Waals surface area contributed by atoms with E-state index in [0.717, 1.165) is 37.8 Å². The number of anilines is 1. The fourth-order valence-corrected chi connectivity index (χ4v) is 4.73. The first-order valence-electron chi connectivity index (χ1n) is 9.97. The molecule has 0 atom stereocenters. The van der Waals surface area contributed by atoms with Gasteiger partial charge in [-0.15, -0.1) is 24.0 Å². The first-order chi connectivity index (χ1) is 15.5. The number of hydrogen-bond acceptors (Lipinski definition) is 6. The van der Waals surface area contributed by atoms with Gasteiger partial charge in [-0.3, -0.25) is 9.78 Å². The highest BCUT2D eigenvalue weighted by Crippen LogP contribution is 2.36. The number of thiol groups is 1. The molecule has 2 aromatic heterocycles. The quantitative estimate of drug-likeness (QED) is 0.388. The predicted molar refractivity (Wildman–Crippen MR) is 133 cm³/mol. The minimum absolute atomic E-state index is 0.101. The molecule has 32 heavy (non-hydrogen) atoms. The molecule has 1 aliphatic rings. The molecule has 0 unspecified atom stereocenters. The van der Waals surface area contributed by atoms with Crippen LogP contribution in [0.3, 0.4) is 0 Å². The van der Waals surface area contributed by atoms with E-state index in [-0.39, 0.29) is 5.91 Å². The zero-order chi connectivity index (χ0) is 22.7. The molecule has 2 N–H and O–H groups in total. The first kappa shape index (κ1) is 21.9. The Balaban J connectivity index is 0.000000230. The number of nitrogens with two attached hydrogens (primary N) is 1. The van der Waals surface area contributed by atoms with Gasteiger partial charge >= 0.3 is 0 Å². The number of thiophene rings is 1. The molecule has 162 valence electrons. The molecule has 5 rings (SSSR count). The Morgan fingerprint density at radius 2 is 1.78 bits per heavy atom. The Morgan fingerprint density at radius 3 is 2.47 bits per heavy atom. The maximum absolute atomic E-state index is 12.0. The summed E-state index contributed by atoms with van der Waals surface area (Å²) < 4.78 is 4.97. The van der Waals surface area contributed by atoms with Crippen molar-refractivity contribution in [2.24, 2.45) is 0 Å². The lowest BCUT2D eigenvalue weighted by Crippen LogP contribution is -2.17. The van der Waals surface area contributed by atoms with Gasteiger partial charge in [0.15, 0.2) is 0 Å². The minimum Gasteiger partial charge on any atom is -0.496 e. The van der Waals surface area contributed by atoms with Crippen molar-refractivity contribution in [2.45, 2.75) is 11.4 Å². The summed E-state index contributed by atoms with van der Waals surface area (Å²) >= 11 is 5.85. The van der Waals surface area contributed by atoms with Gasteiger partial charge in [0, 0.05) is 51.8 Å². The third-order valence-corrected chi connectivity index (χ3v) is 6.66. The molecular weight excluding hydrogens is 438 g/mol. The maximum Gasteiger partial charge on any atom is 0.254 e. The predicted octanol–water partition coefficient (Wildman–Crippen LogP) is 5.63. The van der Waals surface area contributed by atoms with Gasteiger partial charge in [0.2, 0.25) is 0 Å². The molecular formula is C25H23N3O2S2. The number of ether oxygens (including phenoxy) is 1. The van der Waals surface area contributed by atoms with Crippen molar-refractivity contribution < 1.29 is 9.53 Å². The minimum atomic E-state index is 0.101. The van der Waals surface area contributed by atoms with Crippen molar-refractivity contribution in [3.8, 4) is 26.6 Å². The zero-order valence-electron chi connectivity index (χ0n) is 17.8. The number of benzene rings is 2. The topological polar surface area (TPSA) is 68.5 Å². The largest absolute Gasteiger partial charge is 0.496 e. The Morgan fingerprint density at radius 1 is 1.03 bits per heavy atom. The second kappa shape index (κ2) is 9.46. The molecule has 0 fully saturated rings. The summed E-state index contributed by atoms with van der Waals surface area (Å²) in [4.78, 5) is 21.0. The van der Waals surface area contributed by atoms with Crippen LogP contribution in [0, 0.1) is 0 Å². The fourth-order valence-electron chi connectivity index (χ4n) is 3.49. The Bertz CT molecular complexity index is 1270. The van der Waals surface area contributed by atoms with Crippen LogP contribution in [0.1, 0.15) is 15.9 Å². The number of methoxy groups -OCH3 is 1. The van der Waals surface area contributed by atoms with Crippen molar-refractivity contribution in [2.75, 3.05) is 19.9 Å². The highest BCUT2D eigenvalue weighted by atomic mass is 32.1. The van der Waals surface area contributed by atoms with E-state index in [9.17, 15) is 4.79 Å². The van der Waals surface area contributed by atoms with E-state index in [0.29, 0.717) is 12.2 Å². The molecule has 3 heterocycles. The van der Waals surface area contributed by atoms with E-state index in [4.69, 9.17) is 10.5 Å². The van der Waals surface area contributed by atoms with Gasteiger partial charge in [-0.2, -0.15) is 0 Å². The van der Waals surface area contributed by atoms with Crippen LogP contribution >= 0.6 is 24.0 Å². The van der Waals surface area contributed by atoms with Gasteiger partial charge in [0.1, 0.15) is 5.75 Å². The Labute approximate surface area is 196 Å². The van der Waals surface area contributed by atoms with Crippen LogP contribution in [-0.4, -0.2) is 29.9 Å². The molecule has 4 aromatic rings. The molecule has 0 radical (unpaired) electrons. The summed E-state index contributed by atoms with van der Waals surface area (Å²) in [7, 11) is 3.47. The highest BCUT2D eigenvalue weighted by molar-refractivity contribution is 7.80. The molecule has 2 aromatic carbocycles. The number of nitrogens with zero attached hydrogens (tertiary/aromatic N) is 2. The van der Waals surface area contributed by atoms with E-state index < -0.39 is 0 Å². The van der Waals surface area contributed by atoms with E-state index in [1.165, 1.54) is 4.88 Å². The SMILES string of the molecule is CN1Cc2cc(-c3ccc(-c4cncc(N)c4)s3)ccc2C1=O.COc1ccccc1S. The lowest BCUT2D eigenvalue weighted by molar-refractivity contribution is 0.0816. The number of pyridine rings is 1. The lowest BCUT2D eigenvalue weighted by atomic mass is 10.1. The summed E-state index contributed by atoms with van der Waals surface area (Å²) in [6, 6.07) is 19.8. The zero-order valence-corrected chi connectivity index (χ0v) is 19.5. The van der Waals surface area contributed by atoms with Crippen molar-refractivity contribution >= 4 is 35.6 Å². The van der Waals surface area contributed by atoms with E-state index >= 15 is 0 Å². The number of nitrogen functional groups attached to an aromatic ring is 1. The summed E-state index contributed by atoms with van der Waals surface area (Å²) in [5.74, 6) is 0.921. The molecule has 0 saturated heterocycles. The molecule has 0 saturated carbocycles. The van der Waals surface area contributed by atoms with Crippen LogP contribution in [0.15, 0.2) is 78.0 Å². The Hall–Kier alpha value is -3.29. The van der Waals surface area contributed by atoms with Crippen molar-refractivity contribution in [1.82, 2.24) is 9.88 Å². The number of amides is 1. The summed E-state index contributed by atoms with van der Waals surface area (Å²) in [5, 5.41) is 0. The summed E-state index contributed by atoms with van der Waals surface area (Å²) in [5.41, 5.74) is 10.5. The monoisotopic (exact) mass is 461 g/mol. The number of carbonyl (C=O) groups is 1. The molecule has 0 bridgehead atoms. The van der Waals surface area contributed by atoms with Gasteiger partial charge < -0.3 is 15.4 Å². The van der Waals surface area contributed by atoms with Crippen LogP contribution < -0.4 is 10.5 Å². The number of para-hydroxylation sites is 1. The van der Waals surface area contributed by atoms with Crippen molar-refractivity contribution in [3.63, 3.8) is 0 Å². The molecule has 0 aliphatic carbocycles. The third-order valence-electron chi connectivity index (χ3n) is 5.11. The van der Waals surface area contributed by atoms with Crippen LogP contribution in [0.25, 0.3) is 20.9 Å². The molecule has 7 heteroatoms. The fraction of sp³-hybridized carbons (Fsp3) is 0.120. The Kier molecular flexibility index (Phi) is 6.48. The molecule has 5 nitrogen and oxygen atoms in total. The van der Waals surface area contributed by atoms with E-state index in [1.54, 1.807) is 29.5 Å². The normalized spacial score (nSPS) is 12.2. The number of rotatable bonds is 3. The summed E-state index contributed by atoms with van der Waals surface area (Å²) in [6.07, 6.45) is 3.47. The van der Waals surface area contributed by atoms with Crippen LogP contribution in [0.2, 0.25) is 0 Å². The van der Waals surface area contributed by atoms with Gasteiger partial charge in [-0.1, -0.05) is 18.2 Å². The van der Waals surface area contributed by atoms with E-state index in [1.807, 2.05) is 55.7 Å². The van der Waals surface area contributed by atoms with Crippen molar-refractivity contribution in [1.29, 1.82) is 0 Å². The van der Waals surface area contributed by atoms with Gasteiger partial charge in [0.05, 0.1) is 12.8 Å². The van der Waals surface area contributed by atoms with Gasteiger partial charge in [-0.05, 0) is 53.6 Å². The third kappa shape index (κ3) is 4.64. The first-order valence-corrected chi connectivity index (χ1v) is 11.2. The number of fused-ring (bicyclic) bond motifs is 1. The number of carbonyl (C=O) groups excluding carboxylic acids is 1. The average molecular weight is 462 g/mol. The van der Waals surface area contributed by atoms with Gasteiger partial charge in [-0.25, -0.2) is 0 Å². The lowest BCUT2D eigenvalue weighted by Gasteiger charge is -2.04. The molecule has 1 aliphatic heterocycles. The number of aromatic nitrogens is 1. The van der Waals surface area contributed by atoms with Crippen molar-refractivity contribution in [3.05, 3.63) is 84.2 Å². The highest BCUT2D eigenvalue weighted by Gasteiger charge is 2.24. The van der Waals surface area contributed by atoms with Gasteiger partial charge in [0.25, 0.3) is 5.91 Å². The van der Waals surface area contributed by atoms with Crippen LogP contribution in [0.4, 0.5) is 5.69 Å². The number of hydrogen-bond donors (Lipinski definition) is 2. The molecule has 1 amide bonds. The maximum atomic E-state index is 12.0. The second-order valence-corrected chi connectivity index (χ2v) is 8.94. The average Bonchev–Trinajstić information content (AvgIpc) is 3.40. The van der Waals surface area contributed by atoms with Crippen LogP contribution in [0.5, 0.6) is 5.75 Å². The molecule has 0 spiro atoms.